The van der Waals surface area contributed by atoms with E-state index in [9.17, 15) is 9.18 Å². The summed E-state index contributed by atoms with van der Waals surface area (Å²) in [5.74, 6) is -0.294. The second kappa shape index (κ2) is 4.45. The van der Waals surface area contributed by atoms with Crippen LogP contribution in [-0.2, 0) is 0 Å². The number of hydrogen-bond acceptors (Lipinski definition) is 1. The SMILES string of the molecule is Cc1cc(=O)cc(C)n1-c1ccc(F)cc1Br. The number of nitrogens with zero attached hydrogens (tertiary/aromatic N) is 1. The van der Waals surface area contributed by atoms with Gasteiger partial charge >= 0.3 is 0 Å². The molecule has 0 spiro atoms. The van der Waals surface area contributed by atoms with E-state index >= 15 is 0 Å². The van der Waals surface area contributed by atoms with Gasteiger partial charge in [0.25, 0.3) is 0 Å². The maximum atomic E-state index is 13.0. The highest BCUT2D eigenvalue weighted by Crippen LogP contribution is 2.24. The van der Waals surface area contributed by atoms with Gasteiger partial charge in [-0.3, -0.25) is 4.79 Å². The van der Waals surface area contributed by atoms with Crippen LogP contribution in [0.2, 0.25) is 0 Å². The van der Waals surface area contributed by atoms with Crippen molar-refractivity contribution in [1.29, 1.82) is 0 Å². The molecule has 0 aliphatic heterocycles. The van der Waals surface area contributed by atoms with E-state index in [-0.39, 0.29) is 11.2 Å². The third-order valence-corrected chi connectivity index (χ3v) is 3.19. The number of aromatic nitrogens is 1. The van der Waals surface area contributed by atoms with Crippen molar-refractivity contribution in [2.24, 2.45) is 0 Å². The fraction of sp³-hybridized carbons (Fsp3) is 0.154. The predicted octanol–water partition coefficient (Wildman–Crippen LogP) is 3.36. The maximum absolute atomic E-state index is 13.0. The van der Waals surface area contributed by atoms with Gasteiger partial charge in [0.2, 0.25) is 0 Å². The van der Waals surface area contributed by atoms with Crippen molar-refractivity contribution < 1.29 is 4.39 Å². The van der Waals surface area contributed by atoms with Crippen LogP contribution in [0.25, 0.3) is 5.69 Å². The molecule has 0 unspecified atom stereocenters. The first kappa shape index (κ1) is 12.0. The average molecular weight is 296 g/mol. The molecule has 17 heavy (non-hydrogen) atoms. The lowest BCUT2D eigenvalue weighted by atomic mass is 10.2. The zero-order valence-corrected chi connectivity index (χ0v) is 11.1. The van der Waals surface area contributed by atoms with E-state index in [0.29, 0.717) is 4.47 Å². The van der Waals surface area contributed by atoms with Crippen LogP contribution in [0.15, 0.2) is 39.6 Å². The molecule has 2 aromatic rings. The molecule has 1 aromatic carbocycles. The Morgan fingerprint density at radius 2 is 1.71 bits per heavy atom. The van der Waals surface area contributed by atoms with Crippen LogP contribution in [-0.4, -0.2) is 4.57 Å². The first-order chi connectivity index (χ1) is 7.99. The minimum Gasteiger partial charge on any atom is -0.317 e. The fourth-order valence-electron chi connectivity index (χ4n) is 1.90. The third-order valence-electron chi connectivity index (χ3n) is 2.56. The van der Waals surface area contributed by atoms with Crippen LogP contribution in [0.3, 0.4) is 0 Å². The molecule has 1 heterocycles. The lowest BCUT2D eigenvalue weighted by molar-refractivity contribution is 0.626. The molecule has 0 saturated heterocycles. The maximum Gasteiger partial charge on any atom is 0.182 e. The highest BCUT2D eigenvalue weighted by molar-refractivity contribution is 9.10. The number of benzene rings is 1. The van der Waals surface area contributed by atoms with Gasteiger partial charge in [-0.15, -0.1) is 0 Å². The Hall–Kier alpha value is -1.42. The smallest absolute Gasteiger partial charge is 0.182 e. The van der Waals surface area contributed by atoms with Crippen molar-refractivity contribution in [3.63, 3.8) is 0 Å². The summed E-state index contributed by atoms with van der Waals surface area (Å²) in [5, 5.41) is 0. The lowest BCUT2D eigenvalue weighted by Crippen LogP contribution is -2.11. The van der Waals surface area contributed by atoms with Crippen LogP contribution in [0.5, 0.6) is 0 Å². The summed E-state index contributed by atoms with van der Waals surface area (Å²) in [5.41, 5.74) is 2.44. The van der Waals surface area contributed by atoms with E-state index < -0.39 is 0 Å². The Balaban J connectivity index is 2.73. The third kappa shape index (κ3) is 2.31. The van der Waals surface area contributed by atoms with Crippen molar-refractivity contribution in [2.45, 2.75) is 13.8 Å². The molecule has 0 atom stereocenters. The van der Waals surface area contributed by atoms with E-state index in [1.165, 1.54) is 12.1 Å². The summed E-state index contributed by atoms with van der Waals surface area (Å²) in [7, 11) is 0. The molecule has 0 amide bonds. The van der Waals surface area contributed by atoms with Gasteiger partial charge in [0.1, 0.15) is 5.82 Å². The summed E-state index contributed by atoms with van der Waals surface area (Å²) in [4.78, 5) is 11.3. The molecule has 0 N–H and O–H groups in total. The van der Waals surface area contributed by atoms with E-state index in [0.717, 1.165) is 17.1 Å². The van der Waals surface area contributed by atoms with Gasteiger partial charge in [0, 0.05) is 28.0 Å². The number of pyridine rings is 1. The van der Waals surface area contributed by atoms with Gasteiger partial charge in [0.15, 0.2) is 5.43 Å². The Morgan fingerprint density at radius 3 is 2.24 bits per heavy atom. The Bertz CT molecular complexity index is 608. The Labute approximate surface area is 107 Å². The number of hydrogen-bond donors (Lipinski definition) is 0. The van der Waals surface area contributed by atoms with Crippen LogP contribution in [0, 0.1) is 19.7 Å². The molecule has 88 valence electrons. The molecule has 0 saturated carbocycles. The first-order valence-electron chi connectivity index (χ1n) is 5.15. The standard InChI is InChI=1S/C13H11BrFNO/c1-8-5-11(17)6-9(2)16(8)13-4-3-10(15)7-12(13)14/h3-7H,1-2H3. The number of halogens is 2. The lowest BCUT2D eigenvalue weighted by Gasteiger charge is -2.15. The van der Waals surface area contributed by atoms with Crippen LogP contribution < -0.4 is 5.43 Å². The largest absolute Gasteiger partial charge is 0.317 e. The quantitative estimate of drug-likeness (QED) is 0.791. The van der Waals surface area contributed by atoms with Crippen molar-refractivity contribution >= 4 is 15.9 Å². The minimum absolute atomic E-state index is 0.0190. The zero-order chi connectivity index (χ0) is 12.6. The van der Waals surface area contributed by atoms with E-state index in [1.54, 1.807) is 18.2 Å². The normalized spacial score (nSPS) is 10.6. The molecule has 0 bridgehead atoms. The van der Waals surface area contributed by atoms with E-state index in [4.69, 9.17) is 0 Å². The van der Waals surface area contributed by atoms with Crippen molar-refractivity contribution in [2.75, 3.05) is 0 Å². The van der Waals surface area contributed by atoms with Gasteiger partial charge in [-0.05, 0) is 48.0 Å². The highest BCUT2D eigenvalue weighted by atomic mass is 79.9. The summed E-state index contributed by atoms with van der Waals surface area (Å²) >= 11 is 3.33. The average Bonchev–Trinajstić information content (AvgIpc) is 2.19. The second-order valence-electron chi connectivity index (χ2n) is 3.90. The molecular formula is C13H11BrFNO. The minimum atomic E-state index is -0.294. The molecule has 2 rings (SSSR count). The summed E-state index contributed by atoms with van der Waals surface area (Å²) in [6.07, 6.45) is 0. The molecular weight excluding hydrogens is 285 g/mol. The molecule has 2 nitrogen and oxygen atoms in total. The monoisotopic (exact) mass is 295 g/mol. The predicted molar refractivity (Wildman–Crippen MR) is 69.2 cm³/mol. The van der Waals surface area contributed by atoms with E-state index in [2.05, 4.69) is 15.9 Å². The fourth-order valence-corrected chi connectivity index (χ4v) is 2.43. The number of aryl methyl sites for hydroxylation is 2. The summed E-state index contributed by atoms with van der Waals surface area (Å²) in [6, 6.07) is 7.61. The van der Waals surface area contributed by atoms with Crippen molar-refractivity contribution in [3.05, 3.63) is 62.2 Å². The van der Waals surface area contributed by atoms with Gasteiger partial charge in [-0.2, -0.15) is 0 Å². The molecule has 4 heteroatoms. The molecule has 1 aromatic heterocycles. The summed E-state index contributed by atoms with van der Waals surface area (Å²) in [6.45, 7) is 3.70. The second-order valence-corrected chi connectivity index (χ2v) is 4.76. The highest BCUT2D eigenvalue weighted by Gasteiger charge is 2.08. The van der Waals surface area contributed by atoms with Crippen molar-refractivity contribution in [1.82, 2.24) is 4.57 Å². The van der Waals surface area contributed by atoms with Crippen molar-refractivity contribution in [3.8, 4) is 5.69 Å². The van der Waals surface area contributed by atoms with Gasteiger partial charge in [0.05, 0.1) is 5.69 Å². The molecule has 0 aliphatic carbocycles. The first-order valence-corrected chi connectivity index (χ1v) is 5.94. The van der Waals surface area contributed by atoms with Crippen LogP contribution in [0.1, 0.15) is 11.4 Å². The van der Waals surface area contributed by atoms with Gasteiger partial charge in [-0.1, -0.05) is 0 Å². The van der Waals surface area contributed by atoms with Crippen LogP contribution in [0.4, 0.5) is 4.39 Å². The topological polar surface area (TPSA) is 22.0 Å². The zero-order valence-electron chi connectivity index (χ0n) is 9.50. The number of rotatable bonds is 1. The van der Waals surface area contributed by atoms with Gasteiger partial charge < -0.3 is 4.57 Å². The van der Waals surface area contributed by atoms with Gasteiger partial charge in [-0.25, -0.2) is 4.39 Å². The Morgan fingerprint density at radius 1 is 1.12 bits per heavy atom. The summed E-state index contributed by atoms with van der Waals surface area (Å²) < 4.78 is 15.6. The molecule has 0 aliphatic rings. The molecule has 0 radical (unpaired) electrons. The van der Waals surface area contributed by atoms with Crippen LogP contribution >= 0.6 is 15.9 Å². The Kier molecular flexibility index (Phi) is 3.15. The van der Waals surface area contributed by atoms with E-state index in [1.807, 2.05) is 18.4 Å². The molecule has 0 fully saturated rings.